The van der Waals surface area contributed by atoms with Crippen molar-refractivity contribution in [3.05, 3.63) is 39.0 Å². The van der Waals surface area contributed by atoms with E-state index < -0.39 is 11.2 Å². The van der Waals surface area contributed by atoms with Gasteiger partial charge in [-0.25, -0.2) is 4.79 Å². The van der Waals surface area contributed by atoms with E-state index >= 15 is 0 Å². The summed E-state index contributed by atoms with van der Waals surface area (Å²) >= 11 is 0. The molecule has 0 saturated heterocycles. The van der Waals surface area contributed by atoms with E-state index in [4.69, 9.17) is 4.74 Å². The van der Waals surface area contributed by atoms with Gasteiger partial charge in [0.25, 0.3) is 0 Å². The van der Waals surface area contributed by atoms with Crippen LogP contribution in [0.1, 0.15) is 5.69 Å². The summed E-state index contributed by atoms with van der Waals surface area (Å²) in [5, 5.41) is 0. The molecule has 0 aliphatic carbocycles. The van der Waals surface area contributed by atoms with Crippen LogP contribution in [0.4, 0.5) is 0 Å². The van der Waals surface area contributed by atoms with Crippen LogP contribution < -0.4 is 11.2 Å². The molecule has 1 aliphatic heterocycles. The molecule has 0 N–H and O–H groups in total. The normalized spacial score (nSPS) is 13.7. The maximum Gasteiger partial charge on any atom is 0.402 e. The number of rotatable bonds is 0. The second kappa shape index (κ2) is 2.37. The Labute approximate surface area is 66.5 Å². The second-order valence-corrected chi connectivity index (χ2v) is 2.29. The Morgan fingerprint density at radius 2 is 2.25 bits per heavy atom. The Bertz CT molecular complexity index is 439. The Balaban J connectivity index is 2.81. The Morgan fingerprint density at radius 3 is 3.08 bits per heavy atom. The summed E-state index contributed by atoms with van der Waals surface area (Å²) in [5.41, 5.74) is -1.03. The van der Waals surface area contributed by atoms with Crippen molar-refractivity contribution in [1.29, 1.82) is 0 Å². The summed E-state index contributed by atoms with van der Waals surface area (Å²) in [7, 11) is 0. The molecule has 62 valence electrons. The lowest BCUT2D eigenvalue weighted by atomic mass is 10.4. The van der Waals surface area contributed by atoms with Crippen LogP contribution in [-0.2, 0) is 11.3 Å². The molecule has 1 aromatic heterocycles. The highest BCUT2D eigenvalue weighted by Crippen LogP contribution is 2.03. The molecule has 0 bridgehead atoms. The number of nitrogens with zero attached hydrogens (tertiary/aromatic N) is 1. The fraction of sp³-hybridized carbons (Fsp3) is 0.143. The lowest BCUT2D eigenvalue weighted by molar-refractivity contribution is 0.217. The first-order valence-electron chi connectivity index (χ1n) is 3.30. The molecule has 0 saturated carbocycles. The molecule has 12 heavy (non-hydrogen) atoms. The molecule has 5 nitrogen and oxygen atoms in total. The zero-order chi connectivity index (χ0) is 8.55. The first-order valence-corrected chi connectivity index (χ1v) is 3.30. The van der Waals surface area contributed by atoms with E-state index in [-0.39, 0.29) is 6.61 Å². The molecule has 0 atom stereocenters. The van der Waals surface area contributed by atoms with Crippen molar-refractivity contribution in [3.63, 3.8) is 0 Å². The van der Waals surface area contributed by atoms with Crippen LogP contribution in [0.2, 0.25) is 0 Å². The van der Waals surface area contributed by atoms with Crippen LogP contribution >= 0.6 is 0 Å². The second-order valence-electron chi connectivity index (χ2n) is 2.29. The predicted octanol–water partition coefficient (Wildman–Crippen LogP) is -0.240. The van der Waals surface area contributed by atoms with E-state index in [9.17, 15) is 9.59 Å². The fourth-order valence-electron chi connectivity index (χ4n) is 0.962. The monoisotopic (exact) mass is 167 g/mol. The maximum absolute atomic E-state index is 11.1. The molecule has 1 aromatic rings. The van der Waals surface area contributed by atoms with Gasteiger partial charge in [-0.3, -0.25) is 9.36 Å². The van der Waals surface area contributed by atoms with Crippen molar-refractivity contribution < 1.29 is 9.15 Å². The number of aromatic nitrogens is 1. The molecule has 0 radical (unpaired) electrons. The fourth-order valence-corrected chi connectivity index (χ4v) is 0.962. The molecule has 0 fully saturated rings. The van der Waals surface area contributed by atoms with Crippen LogP contribution in [0, 0.1) is 0 Å². The van der Waals surface area contributed by atoms with Gasteiger partial charge in [0.2, 0.25) is 0 Å². The predicted molar refractivity (Wildman–Crippen MR) is 39.4 cm³/mol. The zero-order valence-electron chi connectivity index (χ0n) is 6.02. The topological polar surface area (TPSA) is 61.4 Å². The number of ether oxygens (including phenoxy) is 1. The molecule has 2 heterocycles. The van der Waals surface area contributed by atoms with Crippen molar-refractivity contribution >= 4 is 6.20 Å². The van der Waals surface area contributed by atoms with Crippen molar-refractivity contribution in [2.75, 3.05) is 0 Å². The minimum atomic E-state index is -0.870. The summed E-state index contributed by atoms with van der Waals surface area (Å²) in [4.78, 5) is 21.8. The Hall–Kier alpha value is -1.78. The highest BCUT2D eigenvalue weighted by Gasteiger charge is 2.09. The molecule has 1 aliphatic rings. The first kappa shape index (κ1) is 6.90. The molecule has 5 heteroatoms. The van der Waals surface area contributed by atoms with Gasteiger partial charge in [-0.15, -0.1) is 0 Å². The standard InChI is InChI=1S/C7H5NO4/c9-6-7(10)12-4-5-3-11-2-1-8(5)6/h1-2,4H,3H2. The number of fused-ring (bicyclic) bond motifs is 1. The summed E-state index contributed by atoms with van der Waals surface area (Å²) in [6, 6.07) is 0. The lowest BCUT2D eigenvalue weighted by Gasteiger charge is -2.10. The van der Waals surface area contributed by atoms with Crippen LogP contribution in [-0.4, -0.2) is 4.57 Å². The van der Waals surface area contributed by atoms with Gasteiger partial charge in [0, 0.05) is 6.20 Å². The van der Waals surface area contributed by atoms with E-state index in [0.29, 0.717) is 5.69 Å². The van der Waals surface area contributed by atoms with E-state index in [1.54, 1.807) is 0 Å². The third kappa shape index (κ3) is 0.868. The summed E-state index contributed by atoms with van der Waals surface area (Å²) < 4.78 is 10.5. The van der Waals surface area contributed by atoms with Crippen molar-refractivity contribution in [1.82, 2.24) is 4.57 Å². The van der Waals surface area contributed by atoms with E-state index in [1.807, 2.05) is 0 Å². The van der Waals surface area contributed by atoms with Gasteiger partial charge in [-0.2, -0.15) is 0 Å². The quantitative estimate of drug-likeness (QED) is 0.500. The highest BCUT2D eigenvalue weighted by molar-refractivity contribution is 5.24. The minimum Gasteiger partial charge on any atom is -0.493 e. The van der Waals surface area contributed by atoms with Crippen molar-refractivity contribution in [2.24, 2.45) is 0 Å². The SMILES string of the molecule is O=c1occ2n(c1=O)C=COC2. The van der Waals surface area contributed by atoms with Gasteiger partial charge in [0.05, 0.1) is 5.69 Å². The molecule has 0 amide bonds. The Kier molecular flexibility index (Phi) is 1.36. The average molecular weight is 167 g/mol. The molecule has 2 rings (SSSR count). The van der Waals surface area contributed by atoms with Crippen molar-refractivity contribution in [2.45, 2.75) is 6.61 Å². The summed E-state index contributed by atoms with van der Waals surface area (Å²) in [6.45, 7) is 0.246. The van der Waals surface area contributed by atoms with Gasteiger partial charge >= 0.3 is 11.2 Å². The zero-order valence-corrected chi connectivity index (χ0v) is 6.02. The third-order valence-corrected chi connectivity index (χ3v) is 1.54. The maximum atomic E-state index is 11.1. The smallest absolute Gasteiger partial charge is 0.402 e. The van der Waals surface area contributed by atoms with Gasteiger partial charge < -0.3 is 9.15 Å². The molecule has 0 aromatic carbocycles. The molecular formula is C7H5NO4. The summed E-state index contributed by atoms with van der Waals surface area (Å²) in [5.74, 6) is 0. The van der Waals surface area contributed by atoms with Crippen LogP contribution in [0.15, 0.2) is 26.5 Å². The van der Waals surface area contributed by atoms with Crippen molar-refractivity contribution in [3.8, 4) is 0 Å². The van der Waals surface area contributed by atoms with Crippen LogP contribution in [0.5, 0.6) is 0 Å². The molecule has 0 spiro atoms. The largest absolute Gasteiger partial charge is 0.493 e. The van der Waals surface area contributed by atoms with Crippen LogP contribution in [0.3, 0.4) is 0 Å². The minimum absolute atomic E-state index is 0.246. The molecular weight excluding hydrogens is 162 g/mol. The Morgan fingerprint density at radius 1 is 1.42 bits per heavy atom. The van der Waals surface area contributed by atoms with Crippen LogP contribution in [0.25, 0.3) is 6.20 Å². The average Bonchev–Trinajstić information content (AvgIpc) is 2.12. The van der Waals surface area contributed by atoms with Gasteiger partial charge in [0.15, 0.2) is 0 Å². The van der Waals surface area contributed by atoms with Gasteiger partial charge in [-0.05, 0) is 0 Å². The van der Waals surface area contributed by atoms with E-state index in [2.05, 4.69) is 4.42 Å². The third-order valence-electron chi connectivity index (χ3n) is 1.54. The number of hydrogen-bond acceptors (Lipinski definition) is 4. The molecule has 0 unspecified atom stereocenters. The lowest BCUT2D eigenvalue weighted by Crippen LogP contribution is -2.33. The number of hydrogen-bond donors (Lipinski definition) is 0. The van der Waals surface area contributed by atoms with Gasteiger partial charge in [-0.1, -0.05) is 0 Å². The van der Waals surface area contributed by atoms with E-state index in [0.717, 1.165) is 0 Å². The highest BCUT2D eigenvalue weighted by atomic mass is 16.5. The first-order chi connectivity index (χ1) is 5.79. The summed E-state index contributed by atoms with van der Waals surface area (Å²) in [6.07, 6.45) is 3.96. The van der Waals surface area contributed by atoms with Gasteiger partial charge in [0.1, 0.15) is 19.1 Å². The van der Waals surface area contributed by atoms with E-state index in [1.165, 1.54) is 23.3 Å².